The number of benzene rings is 2. The highest BCUT2D eigenvalue weighted by molar-refractivity contribution is 9.10. The Labute approximate surface area is 115 Å². The van der Waals surface area contributed by atoms with Crippen molar-refractivity contribution in [3.63, 3.8) is 0 Å². The van der Waals surface area contributed by atoms with Crippen molar-refractivity contribution in [2.45, 2.75) is 13.8 Å². The molecule has 0 aliphatic carbocycles. The molecule has 0 aromatic heterocycles. The minimum Gasteiger partial charge on any atom is -0.455 e. The van der Waals surface area contributed by atoms with Crippen LogP contribution >= 0.6 is 15.9 Å². The van der Waals surface area contributed by atoms with Crippen molar-refractivity contribution >= 4 is 15.9 Å². The second-order valence-electron chi connectivity index (χ2n) is 4.08. The summed E-state index contributed by atoms with van der Waals surface area (Å²) in [6, 6.07) is 13.5. The first kappa shape index (κ1) is 12.7. The number of para-hydroxylation sites is 1. The maximum Gasteiger partial charge on any atom is 0.148 e. The van der Waals surface area contributed by atoms with Crippen molar-refractivity contribution in [1.82, 2.24) is 0 Å². The quantitative estimate of drug-likeness (QED) is 0.803. The molecule has 0 radical (unpaired) electrons. The Bertz CT molecular complexity index is 629. The summed E-state index contributed by atoms with van der Waals surface area (Å²) in [5.41, 5.74) is 2.53. The third-order valence-corrected chi connectivity index (χ3v) is 3.17. The van der Waals surface area contributed by atoms with Gasteiger partial charge >= 0.3 is 0 Å². The molecular formula is C15H12BrNO. The van der Waals surface area contributed by atoms with E-state index in [1.807, 2.05) is 44.2 Å². The van der Waals surface area contributed by atoms with E-state index in [1.165, 1.54) is 0 Å². The van der Waals surface area contributed by atoms with Crippen LogP contribution in [0.2, 0.25) is 0 Å². The molecule has 0 saturated heterocycles. The number of nitriles is 1. The first-order valence-electron chi connectivity index (χ1n) is 5.55. The fourth-order valence-corrected chi connectivity index (χ4v) is 2.19. The minimum atomic E-state index is 0.553. The Morgan fingerprint density at radius 3 is 2.56 bits per heavy atom. The number of halogens is 1. The number of ether oxygens (including phenoxy) is 1. The molecule has 0 atom stereocenters. The Kier molecular flexibility index (Phi) is 3.69. The normalized spacial score (nSPS) is 9.89. The van der Waals surface area contributed by atoms with E-state index in [0.29, 0.717) is 11.3 Å². The van der Waals surface area contributed by atoms with Crippen molar-refractivity contribution < 1.29 is 4.74 Å². The van der Waals surface area contributed by atoms with Crippen molar-refractivity contribution in [3.8, 4) is 17.6 Å². The molecule has 2 aromatic carbocycles. The lowest BCUT2D eigenvalue weighted by molar-refractivity contribution is 0.473. The summed E-state index contributed by atoms with van der Waals surface area (Å²) in [4.78, 5) is 0. The van der Waals surface area contributed by atoms with Crippen LogP contribution in [0.4, 0.5) is 0 Å². The number of rotatable bonds is 2. The summed E-state index contributed by atoms with van der Waals surface area (Å²) >= 11 is 3.42. The lowest BCUT2D eigenvalue weighted by atomic mass is 10.1. The van der Waals surface area contributed by atoms with E-state index in [9.17, 15) is 0 Å². The molecule has 0 heterocycles. The lowest BCUT2D eigenvalue weighted by Crippen LogP contribution is -1.93. The van der Waals surface area contributed by atoms with Gasteiger partial charge in [-0.05, 0) is 49.2 Å². The fourth-order valence-electron chi connectivity index (χ4n) is 1.71. The molecule has 0 fully saturated rings. The van der Waals surface area contributed by atoms with Gasteiger partial charge in [-0.15, -0.1) is 0 Å². The molecule has 0 N–H and O–H groups in total. The molecule has 2 rings (SSSR count). The van der Waals surface area contributed by atoms with Gasteiger partial charge in [-0.1, -0.05) is 28.1 Å². The van der Waals surface area contributed by atoms with Crippen molar-refractivity contribution in [2.75, 3.05) is 0 Å². The molecule has 18 heavy (non-hydrogen) atoms. The highest BCUT2D eigenvalue weighted by Gasteiger charge is 2.09. The Hall–Kier alpha value is -1.79. The zero-order valence-electron chi connectivity index (χ0n) is 10.2. The van der Waals surface area contributed by atoms with Crippen LogP contribution in [0.5, 0.6) is 11.5 Å². The molecule has 0 aliphatic rings. The van der Waals surface area contributed by atoms with Crippen LogP contribution in [-0.4, -0.2) is 0 Å². The van der Waals surface area contributed by atoms with Gasteiger partial charge in [-0.3, -0.25) is 0 Å². The number of hydrogen-bond acceptors (Lipinski definition) is 2. The zero-order chi connectivity index (χ0) is 13.1. The van der Waals surface area contributed by atoms with Crippen LogP contribution in [0.1, 0.15) is 16.7 Å². The van der Waals surface area contributed by atoms with E-state index in [4.69, 9.17) is 10.00 Å². The molecule has 3 heteroatoms. The van der Waals surface area contributed by atoms with E-state index >= 15 is 0 Å². The summed E-state index contributed by atoms with van der Waals surface area (Å²) < 4.78 is 6.89. The fraction of sp³-hybridized carbons (Fsp3) is 0.133. The molecule has 0 unspecified atom stereocenters. The molecule has 0 amide bonds. The van der Waals surface area contributed by atoms with Crippen LogP contribution in [0, 0.1) is 25.2 Å². The maximum atomic E-state index is 9.10. The van der Waals surface area contributed by atoms with E-state index in [-0.39, 0.29) is 0 Å². The first-order chi connectivity index (χ1) is 8.61. The largest absolute Gasteiger partial charge is 0.455 e. The van der Waals surface area contributed by atoms with Crippen LogP contribution in [0.3, 0.4) is 0 Å². The lowest BCUT2D eigenvalue weighted by Gasteiger charge is -2.12. The molecule has 0 spiro atoms. The average molecular weight is 302 g/mol. The first-order valence-corrected chi connectivity index (χ1v) is 6.35. The topological polar surface area (TPSA) is 33.0 Å². The molecule has 90 valence electrons. The second-order valence-corrected chi connectivity index (χ2v) is 4.99. The second kappa shape index (κ2) is 5.24. The van der Waals surface area contributed by atoms with Crippen LogP contribution in [0.15, 0.2) is 40.9 Å². The van der Waals surface area contributed by atoms with E-state index < -0.39 is 0 Å². The minimum absolute atomic E-state index is 0.553. The predicted molar refractivity (Wildman–Crippen MR) is 74.8 cm³/mol. The molecule has 0 aliphatic heterocycles. The van der Waals surface area contributed by atoms with Crippen molar-refractivity contribution in [1.29, 1.82) is 5.26 Å². The van der Waals surface area contributed by atoms with Crippen molar-refractivity contribution in [3.05, 3.63) is 57.6 Å². The summed E-state index contributed by atoms with van der Waals surface area (Å²) in [5.74, 6) is 1.40. The molecule has 0 bridgehead atoms. The van der Waals surface area contributed by atoms with Gasteiger partial charge in [0.1, 0.15) is 17.6 Å². The summed E-state index contributed by atoms with van der Waals surface area (Å²) in [7, 11) is 0. The van der Waals surface area contributed by atoms with Gasteiger partial charge in [0.05, 0.1) is 5.56 Å². The standard InChI is InChI=1S/C15H12BrNO/c1-10-4-3-5-12(9-17)15(10)18-14-7-6-13(16)8-11(14)2/h3-8H,1-2H3. The Morgan fingerprint density at radius 1 is 1.11 bits per heavy atom. The molecule has 0 saturated carbocycles. The summed E-state index contributed by atoms with van der Waals surface area (Å²) in [6.45, 7) is 3.91. The highest BCUT2D eigenvalue weighted by Crippen LogP contribution is 2.31. The average Bonchev–Trinajstić information content (AvgIpc) is 2.34. The number of nitrogens with zero attached hydrogens (tertiary/aromatic N) is 1. The van der Waals surface area contributed by atoms with Gasteiger partial charge in [-0.2, -0.15) is 5.26 Å². The summed E-state index contributed by atoms with van der Waals surface area (Å²) in [5, 5.41) is 9.10. The third kappa shape index (κ3) is 2.55. The van der Waals surface area contributed by atoms with Gasteiger partial charge in [0.15, 0.2) is 0 Å². The van der Waals surface area contributed by atoms with Crippen LogP contribution < -0.4 is 4.74 Å². The van der Waals surface area contributed by atoms with E-state index in [0.717, 1.165) is 21.3 Å². The van der Waals surface area contributed by atoms with Gasteiger partial charge in [0, 0.05) is 4.47 Å². The van der Waals surface area contributed by atoms with Gasteiger partial charge < -0.3 is 4.74 Å². The van der Waals surface area contributed by atoms with Crippen molar-refractivity contribution in [2.24, 2.45) is 0 Å². The number of hydrogen-bond donors (Lipinski definition) is 0. The monoisotopic (exact) mass is 301 g/mol. The third-order valence-electron chi connectivity index (χ3n) is 2.68. The highest BCUT2D eigenvalue weighted by atomic mass is 79.9. The van der Waals surface area contributed by atoms with E-state index in [2.05, 4.69) is 22.0 Å². The predicted octanol–water partition coefficient (Wildman–Crippen LogP) is 4.73. The smallest absolute Gasteiger partial charge is 0.148 e. The Morgan fingerprint density at radius 2 is 1.89 bits per heavy atom. The zero-order valence-corrected chi connectivity index (χ0v) is 11.8. The van der Waals surface area contributed by atoms with Gasteiger partial charge in [-0.25, -0.2) is 0 Å². The molecule has 2 aromatic rings. The molecule has 2 nitrogen and oxygen atoms in total. The SMILES string of the molecule is Cc1cc(Br)ccc1Oc1c(C)cccc1C#N. The molecular weight excluding hydrogens is 290 g/mol. The Balaban J connectivity index is 2.43. The van der Waals surface area contributed by atoms with E-state index in [1.54, 1.807) is 6.07 Å². The van der Waals surface area contributed by atoms with Gasteiger partial charge in [0.25, 0.3) is 0 Å². The number of aryl methyl sites for hydroxylation is 2. The van der Waals surface area contributed by atoms with Crippen LogP contribution in [-0.2, 0) is 0 Å². The van der Waals surface area contributed by atoms with Crippen LogP contribution in [0.25, 0.3) is 0 Å². The van der Waals surface area contributed by atoms with Gasteiger partial charge in [0.2, 0.25) is 0 Å². The maximum absolute atomic E-state index is 9.10. The summed E-state index contributed by atoms with van der Waals surface area (Å²) in [6.07, 6.45) is 0.